The van der Waals surface area contributed by atoms with Gasteiger partial charge in [-0.2, -0.15) is 0 Å². The lowest BCUT2D eigenvalue weighted by Crippen LogP contribution is -2.32. The Morgan fingerprint density at radius 1 is 0.968 bits per heavy atom. The first-order valence-electron chi connectivity index (χ1n) is 9.87. The van der Waals surface area contributed by atoms with Crippen LogP contribution >= 0.6 is 0 Å². The number of anilines is 1. The van der Waals surface area contributed by atoms with Crippen molar-refractivity contribution in [3.8, 4) is 0 Å². The number of benzene rings is 3. The van der Waals surface area contributed by atoms with Crippen LogP contribution in [0.2, 0.25) is 0 Å². The predicted molar refractivity (Wildman–Crippen MR) is 119 cm³/mol. The highest BCUT2D eigenvalue weighted by Crippen LogP contribution is 2.22. The maximum Gasteiger partial charge on any atom is 0.338 e. The molecule has 0 spiro atoms. The number of sulfonamides is 1. The van der Waals surface area contributed by atoms with Crippen LogP contribution < -0.4 is 10.0 Å². The molecule has 7 nitrogen and oxygen atoms in total. The van der Waals surface area contributed by atoms with Crippen molar-refractivity contribution in [3.63, 3.8) is 0 Å². The normalized spacial score (nSPS) is 12.3. The van der Waals surface area contributed by atoms with E-state index in [-0.39, 0.29) is 16.5 Å². The molecular formula is C23H24N2O5S. The lowest BCUT2D eigenvalue weighted by Gasteiger charge is -2.12. The molecule has 1 atom stereocenters. The third-order valence-corrected chi connectivity index (χ3v) is 6.37. The molecule has 31 heavy (non-hydrogen) atoms. The van der Waals surface area contributed by atoms with Gasteiger partial charge in [0.2, 0.25) is 10.0 Å². The van der Waals surface area contributed by atoms with Gasteiger partial charge in [0.25, 0.3) is 5.91 Å². The fourth-order valence-electron chi connectivity index (χ4n) is 2.92. The van der Waals surface area contributed by atoms with Crippen LogP contribution in [0.15, 0.2) is 71.6 Å². The lowest BCUT2D eigenvalue weighted by molar-refractivity contribution is -0.119. The SMILES string of the molecule is CCC(C)NS(=O)(=O)c1ccc(C(=O)OCC(=O)Nc2cccc3ccccc23)cc1. The van der Waals surface area contributed by atoms with E-state index in [0.717, 1.165) is 10.8 Å². The zero-order valence-electron chi connectivity index (χ0n) is 17.3. The maximum absolute atomic E-state index is 12.3. The van der Waals surface area contributed by atoms with Crippen LogP contribution in [-0.4, -0.2) is 32.9 Å². The van der Waals surface area contributed by atoms with E-state index in [1.807, 2.05) is 43.3 Å². The van der Waals surface area contributed by atoms with E-state index in [0.29, 0.717) is 12.1 Å². The molecule has 1 unspecified atom stereocenters. The van der Waals surface area contributed by atoms with E-state index in [2.05, 4.69) is 10.0 Å². The molecule has 0 aliphatic carbocycles. The fourth-order valence-corrected chi connectivity index (χ4v) is 4.25. The Morgan fingerprint density at radius 3 is 2.35 bits per heavy atom. The van der Waals surface area contributed by atoms with Crippen molar-refractivity contribution >= 4 is 38.4 Å². The standard InChI is InChI=1S/C23H24N2O5S/c1-3-16(2)25-31(28,29)19-13-11-18(12-14-19)23(27)30-15-22(26)24-21-10-6-8-17-7-4-5-9-20(17)21/h4-14,16,25H,3,15H2,1-2H3,(H,24,26). The van der Waals surface area contributed by atoms with Crippen LogP contribution in [0.4, 0.5) is 5.69 Å². The second-order valence-electron chi connectivity index (χ2n) is 7.11. The van der Waals surface area contributed by atoms with Crippen molar-refractivity contribution in [1.82, 2.24) is 4.72 Å². The first-order valence-corrected chi connectivity index (χ1v) is 11.4. The largest absolute Gasteiger partial charge is 0.452 e. The summed E-state index contributed by atoms with van der Waals surface area (Å²) >= 11 is 0. The molecule has 0 saturated heterocycles. The molecule has 0 aliphatic heterocycles. The van der Waals surface area contributed by atoms with Gasteiger partial charge in [-0.3, -0.25) is 4.79 Å². The topological polar surface area (TPSA) is 102 Å². The van der Waals surface area contributed by atoms with Gasteiger partial charge in [0, 0.05) is 17.1 Å². The Kier molecular flexibility index (Phi) is 7.04. The highest BCUT2D eigenvalue weighted by molar-refractivity contribution is 7.89. The Morgan fingerprint density at radius 2 is 1.65 bits per heavy atom. The summed E-state index contributed by atoms with van der Waals surface area (Å²) in [6.45, 7) is 3.19. The molecule has 0 saturated carbocycles. The molecule has 0 aliphatic rings. The summed E-state index contributed by atoms with van der Waals surface area (Å²) in [7, 11) is -3.66. The smallest absolute Gasteiger partial charge is 0.338 e. The molecule has 0 fully saturated rings. The Bertz CT molecular complexity index is 1180. The van der Waals surface area contributed by atoms with E-state index in [1.54, 1.807) is 13.0 Å². The monoisotopic (exact) mass is 440 g/mol. The van der Waals surface area contributed by atoms with Gasteiger partial charge in [-0.1, -0.05) is 43.3 Å². The number of esters is 1. The molecule has 3 rings (SSSR count). The van der Waals surface area contributed by atoms with Crippen LogP contribution in [0.25, 0.3) is 10.8 Å². The van der Waals surface area contributed by atoms with Crippen LogP contribution in [-0.2, 0) is 19.6 Å². The van der Waals surface area contributed by atoms with Crippen molar-refractivity contribution < 1.29 is 22.7 Å². The number of hydrogen-bond acceptors (Lipinski definition) is 5. The number of ether oxygens (including phenoxy) is 1. The number of carbonyl (C=O) groups is 2. The van der Waals surface area contributed by atoms with Crippen LogP contribution in [0, 0.1) is 0 Å². The molecule has 2 N–H and O–H groups in total. The summed E-state index contributed by atoms with van der Waals surface area (Å²) in [4.78, 5) is 24.5. The molecule has 8 heteroatoms. The highest BCUT2D eigenvalue weighted by atomic mass is 32.2. The van der Waals surface area contributed by atoms with Crippen molar-refractivity contribution in [3.05, 3.63) is 72.3 Å². The summed E-state index contributed by atoms with van der Waals surface area (Å²) in [5.41, 5.74) is 0.781. The predicted octanol–water partition coefficient (Wildman–Crippen LogP) is 3.71. The van der Waals surface area contributed by atoms with Crippen molar-refractivity contribution in [1.29, 1.82) is 0 Å². The van der Waals surface area contributed by atoms with Gasteiger partial charge < -0.3 is 10.1 Å². The molecule has 0 bridgehead atoms. The average Bonchev–Trinajstić information content (AvgIpc) is 2.77. The maximum atomic E-state index is 12.3. The molecule has 0 radical (unpaired) electrons. The summed E-state index contributed by atoms with van der Waals surface area (Å²) in [5.74, 6) is -1.19. The van der Waals surface area contributed by atoms with Gasteiger partial charge in [0.05, 0.1) is 10.5 Å². The minimum Gasteiger partial charge on any atom is -0.452 e. The van der Waals surface area contributed by atoms with Gasteiger partial charge in [-0.25, -0.2) is 17.9 Å². The number of nitrogens with one attached hydrogen (secondary N) is 2. The Hall–Kier alpha value is -3.23. The lowest BCUT2D eigenvalue weighted by atomic mass is 10.1. The van der Waals surface area contributed by atoms with E-state index < -0.39 is 28.5 Å². The fraction of sp³-hybridized carbons (Fsp3) is 0.217. The van der Waals surface area contributed by atoms with Crippen molar-refractivity contribution in [2.45, 2.75) is 31.2 Å². The van der Waals surface area contributed by atoms with E-state index in [9.17, 15) is 18.0 Å². The Labute approximate surface area is 181 Å². The van der Waals surface area contributed by atoms with E-state index >= 15 is 0 Å². The summed E-state index contributed by atoms with van der Waals surface area (Å²) in [6, 6.07) is 18.3. The highest BCUT2D eigenvalue weighted by Gasteiger charge is 2.18. The van der Waals surface area contributed by atoms with Gasteiger partial charge in [0.1, 0.15) is 0 Å². The number of amides is 1. The summed E-state index contributed by atoms with van der Waals surface area (Å²) < 4.78 is 32.2. The number of fused-ring (bicyclic) bond motifs is 1. The molecule has 0 heterocycles. The average molecular weight is 441 g/mol. The molecular weight excluding hydrogens is 416 g/mol. The number of carbonyl (C=O) groups excluding carboxylic acids is 2. The molecule has 162 valence electrons. The minimum absolute atomic E-state index is 0.0537. The van der Waals surface area contributed by atoms with Crippen LogP contribution in [0.3, 0.4) is 0 Å². The van der Waals surface area contributed by atoms with Crippen molar-refractivity contribution in [2.75, 3.05) is 11.9 Å². The quantitative estimate of drug-likeness (QED) is 0.520. The number of hydrogen-bond donors (Lipinski definition) is 2. The Balaban J connectivity index is 1.59. The first kappa shape index (κ1) is 22.5. The minimum atomic E-state index is -3.66. The van der Waals surface area contributed by atoms with E-state index in [1.165, 1.54) is 24.3 Å². The number of rotatable bonds is 8. The molecule has 3 aromatic rings. The van der Waals surface area contributed by atoms with Gasteiger partial charge in [0.15, 0.2) is 6.61 Å². The second kappa shape index (κ2) is 9.72. The summed E-state index contributed by atoms with van der Waals surface area (Å²) in [5, 5.41) is 4.60. The van der Waals surface area contributed by atoms with Gasteiger partial charge in [-0.15, -0.1) is 0 Å². The molecule has 1 amide bonds. The van der Waals surface area contributed by atoms with E-state index in [4.69, 9.17) is 4.74 Å². The summed E-state index contributed by atoms with van der Waals surface area (Å²) in [6.07, 6.45) is 0.657. The molecule has 0 aromatic heterocycles. The zero-order valence-corrected chi connectivity index (χ0v) is 18.1. The van der Waals surface area contributed by atoms with Crippen LogP contribution in [0.1, 0.15) is 30.6 Å². The van der Waals surface area contributed by atoms with Gasteiger partial charge in [-0.05, 0) is 49.1 Å². The zero-order chi connectivity index (χ0) is 22.4. The third-order valence-electron chi connectivity index (χ3n) is 4.77. The van der Waals surface area contributed by atoms with Crippen LogP contribution in [0.5, 0.6) is 0 Å². The second-order valence-corrected chi connectivity index (χ2v) is 8.82. The van der Waals surface area contributed by atoms with Gasteiger partial charge >= 0.3 is 5.97 Å². The van der Waals surface area contributed by atoms with Crippen molar-refractivity contribution in [2.24, 2.45) is 0 Å². The third kappa shape index (κ3) is 5.68. The molecule has 3 aromatic carbocycles. The first-order chi connectivity index (χ1) is 14.8.